The SMILES string of the molecule is O=C(/C=C/c1ccoc1)NCc1ccc(C(=O)c2ccco2)s1. The quantitative estimate of drug-likeness (QED) is 0.555. The Morgan fingerprint density at radius 1 is 1.17 bits per heavy atom. The number of carbonyl (C=O) groups is 2. The summed E-state index contributed by atoms with van der Waals surface area (Å²) in [6.45, 7) is 0.366. The summed E-state index contributed by atoms with van der Waals surface area (Å²) in [4.78, 5) is 25.3. The predicted octanol–water partition coefficient (Wildman–Crippen LogP) is 3.49. The number of rotatable bonds is 6. The van der Waals surface area contributed by atoms with Gasteiger partial charge in [0.15, 0.2) is 5.76 Å². The molecule has 23 heavy (non-hydrogen) atoms. The fraction of sp³-hybridized carbons (Fsp3) is 0.0588. The Morgan fingerprint density at radius 3 is 2.83 bits per heavy atom. The van der Waals surface area contributed by atoms with Crippen molar-refractivity contribution in [2.75, 3.05) is 0 Å². The molecule has 1 N–H and O–H groups in total. The monoisotopic (exact) mass is 327 g/mol. The molecule has 3 heterocycles. The zero-order valence-corrected chi connectivity index (χ0v) is 12.8. The number of thiophene rings is 1. The first-order chi connectivity index (χ1) is 11.2. The van der Waals surface area contributed by atoms with E-state index < -0.39 is 0 Å². The van der Waals surface area contributed by atoms with E-state index in [1.165, 1.54) is 23.7 Å². The van der Waals surface area contributed by atoms with Gasteiger partial charge in [-0.1, -0.05) is 0 Å². The van der Waals surface area contributed by atoms with Crippen molar-refractivity contribution >= 4 is 29.1 Å². The second kappa shape index (κ2) is 6.93. The molecule has 0 fully saturated rings. The molecule has 3 aromatic rings. The van der Waals surface area contributed by atoms with Crippen LogP contribution >= 0.6 is 11.3 Å². The minimum absolute atomic E-state index is 0.155. The summed E-state index contributed by atoms with van der Waals surface area (Å²) in [5.41, 5.74) is 0.822. The molecule has 5 nitrogen and oxygen atoms in total. The molecule has 0 saturated carbocycles. The second-order valence-electron chi connectivity index (χ2n) is 4.68. The van der Waals surface area contributed by atoms with Crippen molar-refractivity contribution in [3.05, 3.63) is 76.3 Å². The van der Waals surface area contributed by atoms with E-state index >= 15 is 0 Å². The highest BCUT2D eigenvalue weighted by atomic mass is 32.1. The highest BCUT2D eigenvalue weighted by Crippen LogP contribution is 2.20. The highest BCUT2D eigenvalue weighted by molar-refractivity contribution is 7.14. The lowest BCUT2D eigenvalue weighted by Crippen LogP contribution is -2.19. The number of amides is 1. The number of nitrogens with one attached hydrogen (secondary N) is 1. The van der Waals surface area contributed by atoms with Gasteiger partial charge in [-0.3, -0.25) is 9.59 Å². The van der Waals surface area contributed by atoms with Crippen molar-refractivity contribution in [2.45, 2.75) is 6.54 Å². The molecule has 0 atom stereocenters. The zero-order valence-electron chi connectivity index (χ0n) is 12.0. The maximum absolute atomic E-state index is 12.1. The van der Waals surface area contributed by atoms with Gasteiger partial charge in [0.05, 0.1) is 30.2 Å². The van der Waals surface area contributed by atoms with Crippen molar-refractivity contribution in [2.24, 2.45) is 0 Å². The van der Waals surface area contributed by atoms with Crippen molar-refractivity contribution in [3.8, 4) is 0 Å². The van der Waals surface area contributed by atoms with Crippen LogP contribution in [0.1, 0.15) is 25.9 Å². The topological polar surface area (TPSA) is 72.5 Å². The molecule has 0 aliphatic rings. The van der Waals surface area contributed by atoms with Gasteiger partial charge in [-0.2, -0.15) is 0 Å². The summed E-state index contributed by atoms with van der Waals surface area (Å²) in [6.07, 6.45) is 7.66. The Morgan fingerprint density at radius 2 is 2.09 bits per heavy atom. The molecular formula is C17H13NO4S. The maximum Gasteiger partial charge on any atom is 0.244 e. The molecule has 116 valence electrons. The largest absolute Gasteiger partial charge is 0.472 e. The van der Waals surface area contributed by atoms with Crippen molar-refractivity contribution in [3.63, 3.8) is 0 Å². The van der Waals surface area contributed by atoms with Crippen LogP contribution in [0.3, 0.4) is 0 Å². The Bertz CT molecular complexity index is 813. The Kier molecular flexibility index (Phi) is 4.54. The number of hydrogen-bond acceptors (Lipinski definition) is 5. The normalized spacial score (nSPS) is 11.0. The summed E-state index contributed by atoms with van der Waals surface area (Å²) < 4.78 is 10.0. The van der Waals surface area contributed by atoms with Crippen LogP contribution in [-0.4, -0.2) is 11.7 Å². The lowest BCUT2D eigenvalue weighted by molar-refractivity contribution is -0.116. The van der Waals surface area contributed by atoms with Crippen LogP contribution in [0.15, 0.2) is 64.0 Å². The van der Waals surface area contributed by atoms with Gasteiger partial charge in [-0.15, -0.1) is 11.3 Å². The zero-order chi connectivity index (χ0) is 16.1. The summed E-state index contributed by atoms with van der Waals surface area (Å²) in [5.74, 6) is -0.0542. The number of hydrogen-bond donors (Lipinski definition) is 1. The first-order valence-corrected chi connectivity index (χ1v) is 7.69. The van der Waals surface area contributed by atoms with Gasteiger partial charge in [-0.05, 0) is 36.4 Å². The Balaban J connectivity index is 1.55. The van der Waals surface area contributed by atoms with Crippen LogP contribution in [0.2, 0.25) is 0 Å². The first kappa shape index (κ1) is 15.1. The molecule has 0 aromatic carbocycles. The smallest absolute Gasteiger partial charge is 0.244 e. The second-order valence-corrected chi connectivity index (χ2v) is 5.85. The standard InChI is InChI=1S/C17H13NO4S/c19-16(6-3-12-7-9-21-11-12)18-10-13-4-5-15(23-13)17(20)14-2-1-8-22-14/h1-9,11H,10H2,(H,18,19)/b6-3+. The summed E-state index contributed by atoms with van der Waals surface area (Å²) >= 11 is 1.33. The minimum atomic E-state index is -0.210. The van der Waals surface area contributed by atoms with E-state index in [9.17, 15) is 9.59 Å². The molecule has 6 heteroatoms. The number of ketones is 1. The van der Waals surface area contributed by atoms with Crippen LogP contribution in [0.25, 0.3) is 6.08 Å². The molecule has 3 rings (SSSR count). The van der Waals surface area contributed by atoms with Crippen molar-refractivity contribution in [1.82, 2.24) is 5.32 Å². The van der Waals surface area contributed by atoms with E-state index in [4.69, 9.17) is 8.83 Å². The van der Waals surface area contributed by atoms with Crippen LogP contribution in [0.4, 0.5) is 0 Å². The fourth-order valence-electron chi connectivity index (χ4n) is 1.90. The van der Waals surface area contributed by atoms with E-state index in [0.29, 0.717) is 17.2 Å². The third kappa shape index (κ3) is 3.87. The van der Waals surface area contributed by atoms with E-state index in [0.717, 1.165) is 10.4 Å². The van der Waals surface area contributed by atoms with Gasteiger partial charge in [0.2, 0.25) is 11.7 Å². The summed E-state index contributed by atoms with van der Waals surface area (Å²) in [7, 11) is 0. The number of carbonyl (C=O) groups excluding carboxylic acids is 2. The van der Waals surface area contributed by atoms with Crippen LogP contribution in [0.5, 0.6) is 0 Å². The van der Waals surface area contributed by atoms with Gasteiger partial charge in [0.25, 0.3) is 0 Å². The molecule has 3 aromatic heterocycles. The molecule has 0 spiro atoms. The van der Waals surface area contributed by atoms with Crippen LogP contribution in [0, 0.1) is 0 Å². The van der Waals surface area contributed by atoms with Crippen LogP contribution < -0.4 is 5.32 Å². The molecular weight excluding hydrogens is 314 g/mol. The molecule has 0 radical (unpaired) electrons. The molecule has 0 aliphatic carbocycles. The lowest BCUT2D eigenvalue weighted by atomic mass is 10.2. The average Bonchev–Trinajstić information content (AvgIpc) is 3.33. The van der Waals surface area contributed by atoms with Crippen LogP contribution in [-0.2, 0) is 11.3 Å². The van der Waals surface area contributed by atoms with Gasteiger partial charge in [0, 0.05) is 16.5 Å². The van der Waals surface area contributed by atoms with Crippen molar-refractivity contribution in [1.29, 1.82) is 0 Å². The van der Waals surface area contributed by atoms with E-state index in [1.807, 2.05) is 6.07 Å². The summed E-state index contributed by atoms with van der Waals surface area (Å²) in [6, 6.07) is 8.62. The summed E-state index contributed by atoms with van der Waals surface area (Å²) in [5, 5.41) is 2.77. The maximum atomic E-state index is 12.1. The third-order valence-corrected chi connectivity index (χ3v) is 4.12. The van der Waals surface area contributed by atoms with Gasteiger partial charge in [0.1, 0.15) is 0 Å². The van der Waals surface area contributed by atoms with Gasteiger partial charge < -0.3 is 14.2 Å². The predicted molar refractivity (Wildman–Crippen MR) is 86.0 cm³/mol. The van der Waals surface area contributed by atoms with E-state index in [2.05, 4.69) is 5.32 Å². The molecule has 0 unspecified atom stereocenters. The fourth-order valence-corrected chi connectivity index (χ4v) is 2.79. The van der Waals surface area contributed by atoms with E-state index in [1.54, 1.807) is 42.9 Å². The Labute approximate surface area is 136 Å². The van der Waals surface area contributed by atoms with Gasteiger partial charge in [-0.25, -0.2) is 0 Å². The van der Waals surface area contributed by atoms with Crippen molar-refractivity contribution < 1.29 is 18.4 Å². The average molecular weight is 327 g/mol. The minimum Gasteiger partial charge on any atom is -0.472 e. The first-order valence-electron chi connectivity index (χ1n) is 6.87. The molecule has 1 amide bonds. The number of furan rings is 2. The van der Waals surface area contributed by atoms with Gasteiger partial charge >= 0.3 is 0 Å². The Hall–Kier alpha value is -2.86. The molecule has 0 saturated heterocycles. The molecule has 0 bridgehead atoms. The van der Waals surface area contributed by atoms with E-state index in [-0.39, 0.29) is 11.7 Å². The molecule has 0 aliphatic heterocycles. The third-order valence-electron chi connectivity index (χ3n) is 3.04. The lowest BCUT2D eigenvalue weighted by Gasteiger charge is -1.98. The highest BCUT2D eigenvalue weighted by Gasteiger charge is 2.14.